The van der Waals surface area contributed by atoms with Crippen molar-refractivity contribution in [2.24, 2.45) is 0 Å². The number of hydrogen-bond acceptors (Lipinski definition) is 6. The molecule has 0 amide bonds. The van der Waals surface area contributed by atoms with Gasteiger partial charge in [0.25, 0.3) is 11.1 Å². The van der Waals surface area contributed by atoms with Crippen LogP contribution in [0.5, 0.6) is 0 Å². The number of nitrogens with zero attached hydrogens (tertiary/aromatic N) is 2. The predicted molar refractivity (Wildman–Crippen MR) is 111 cm³/mol. The molecule has 148 valence electrons. The molecule has 29 heavy (non-hydrogen) atoms. The number of rotatable bonds is 5. The van der Waals surface area contributed by atoms with E-state index in [4.69, 9.17) is 8.83 Å². The largest absolute Gasteiger partial charge is 0.423 e. The highest BCUT2D eigenvalue weighted by molar-refractivity contribution is 7.98. The Morgan fingerprint density at radius 1 is 1.10 bits per heavy atom. The lowest BCUT2D eigenvalue weighted by atomic mass is 9.95. The summed E-state index contributed by atoms with van der Waals surface area (Å²) in [5.74, 6) is 0.504. The molecule has 0 saturated heterocycles. The van der Waals surface area contributed by atoms with Crippen molar-refractivity contribution in [3.63, 3.8) is 0 Å². The Morgan fingerprint density at radius 2 is 1.90 bits per heavy atom. The molecule has 0 bridgehead atoms. The highest BCUT2D eigenvalue weighted by Crippen LogP contribution is 2.31. The number of aromatic nitrogens is 2. The Kier molecular flexibility index (Phi) is 5.24. The fourth-order valence-electron chi connectivity index (χ4n) is 3.28. The highest BCUT2D eigenvalue weighted by atomic mass is 32.2. The van der Waals surface area contributed by atoms with Crippen LogP contribution in [0.3, 0.4) is 0 Å². The van der Waals surface area contributed by atoms with Gasteiger partial charge in [0.2, 0.25) is 0 Å². The van der Waals surface area contributed by atoms with Gasteiger partial charge in [0.05, 0.1) is 5.56 Å². The molecule has 0 radical (unpaired) electrons. The molecule has 0 unspecified atom stereocenters. The minimum Gasteiger partial charge on any atom is -0.423 e. The molecule has 2 aromatic heterocycles. The van der Waals surface area contributed by atoms with E-state index < -0.39 is 11.4 Å². The lowest BCUT2D eigenvalue weighted by Crippen LogP contribution is -2.02. The van der Waals surface area contributed by atoms with Gasteiger partial charge in [0.15, 0.2) is 0 Å². The zero-order chi connectivity index (χ0) is 20.5. The first-order valence-electron chi connectivity index (χ1n) is 9.21. The average molecular weight is 410 g/mol. The Morgan fingerprint density at radius 3 is 2.66 bits per heavy atom. The molecule has 4 rings (SSSR count). The van der Waals surface area contributed by atoms with E-state index in [0.717, 1.165) is 16.5 Å². The number of halogens is 1. The van der Waals surface area contributed by atoms with E-state index in [2.05, 4.69) is 30.1 Å². The molecule has 0 saturated carbocycles. The lowest BCUT2D eigenvalue weighted by Gasteiger charge is -2.12. The molecule has 2 aromatic carbocycles. The van der Waals surface area contributed by atoms with Crippen molar-refractivity contribution in [3.8, 4) is 11.5 Å². The van der Waals surface area contributed by atoms with Crippen LogP contribution in [0.2, 0.25) is 0 Å². The van der Waals surface area contributed by atoms with Gasteiger partial charge in [-0.25, -0.2) is 9.18 Å². The van der Waals surface area contributed by atoms with Gasteiger partial charge in [0, 0.05) is 17.2 Å². The topological polar surface area (TPSA) is 69.1 Å². The molecular weight excluding hydrogens is 391 g/mol. The Balaban J connectivity index is 1.64. The summed E-state index contributed by atoms with van der Waals surface area (Å²) in [7, 11) is 0. The van der Waals surface area contributed by atoms with Gasteiger partial charge in [-0.05, 0) is 53.8 Å². The summed E-state index contributed by atoms with van der Waals surface area (Å²) in [6.45, 7) is 6.27. The van der Waals surface area contributed by atoms with E-state index in [0.29, 0.717) is 22.5 Å². The van der Waals surface area contributed by atoms with Gasteiger partial charge < -0.3 is 8.83 Å². The molecule has 0 aliphatic carbocycles. The fourth-order valence-corrected chi connectivity index (χ4v) is 4.04. The standard InChI is InChI=1S/C22H19FN2O3S/c1-12(2)16-10-17-14(9-20(26)27-19(17)8-13(16)3)11-29-22-25-24-21(28-22)15-6-4-5-7-18(15)23/h4-10,12H,11H2,1-3H3. The van der Waals surface area contributed by atoms with Crippen molar-refractivity contribution in [1.29, 1.82) is 0 Å². The van der Waals surface area contributed by atoms with Crippen LogP contribution in [0.1, 0.15) is 36.5 Å². The van der Waals surface area contributed by atoms with E-state index >= 15 is 0 Å². The third-order valence-electron chi connectivity index (χ3n) is 4.70. The van der Waals surface area contributed by atoms with E-state index in [9.17, 15) is 9.18 Å². The Bertz CT molecular complexity index is 1250. The molecule has 0 aliphatic heterocycles. The van der Waals surface area contributed by atoms with Gasteiger partial charge in [0.1, 0.15) is 11.4 Å². The zero-order valence-corrected chi connectivity index (χ0v) is 17.0. The van der Waals surface area contributed by atoms with Crippen LogP contribution in [0.25, 0.3) is 22.4 Å². The van der Waals surface area contributed by atoms with Crippen molar-refractivity contribution < 1.29 is 13.2 Å². The SMILES string of the molecule is Cc1cc2oc(=O)cc(CSc3nnc(-c4ccccc4F)o3)c2cc1C(C)C. The first kappa shape index (κ1) is 19.4. The minimum atomic E-state index is -0.420. The third kappa shape index (κ3) is 3.96. The number of thioether (sulfide) groups is 1. The van der Waals surface area contributed by atoms with Gasteiger partial charge in [-0.15, -0.1) is 10.2 Å². The van der Waals surface area contributed by atoms with E-state index in [1.807, 2.05) is 13.0 Å². The second kappa shape index (κ2) is 7.83. The quantitative estimate of drug-likeness (QED) is 0.310. The van der Waals surface area contributed by atoms with E-state index in [1.54, 1.807) is 18.2 Å². The molecule has 0 N–H and O–H groups in total. The molecule has 5 nitrogen and oxygen atoms in total. The smallest absolute Gasteiger partial charge is 0.336 e. The molecule has 2 heterocycles. The summed E-state index contributed by atoms with van der Waals surface area (Å²) in [6, 6.07) is 11.7. The second-order valence-electron chi connectivity index (χ2n) is 7.09. The summed E-state index contributed by atoms with van der Waals surface area (Å²) in [4.78, 5) is 12.0. The summed E-state index contributed by atoms with van der Waals surface area (Å²) in [5.41, 5.74) is 3.54. The number of aryl methyl sites for hydroxylation is 1. The summed E-state index contributed by atoms with van der Waals surface area (Å²) in [5, 5.41) is 9.12. The summed E-state index contributed by atoms with van der Waals surface area (Å²) >= 11 is 1.29. The molecule has 0 spiro atoms. The summed E-state index contributed by atoms with van der Waals surface area (Å²) < 4.78 is 24.9. The third-order valence-corrected chi connectivity index (χ3v) is 5.57. The first-order chi connectivity index (χ1) is 13.9. The maximum atomic E-state index is 13.9. The van der Waals surface area contributed by atoms with Crippen molar-refractivity contribution in [2.45, 2.75) is 37.7 Å². The molecule has 4 aromatic rings. The highest BCUT2D eigenvalue weighted by Gasteiger charge is 2.15. The van der Waals surface area contributed by atoms with Crippen LogP contribution in [0.4, 0.5) is 4.39 Å². The molecule has 7 heteroatoms. The van der Waals surface area contributed by atoms with E-state index in [-0.39, 0.29) is 11.5 Å². The van der Waals surface area contributed by atoms with Gasteiger partial charge >= 0.3 is 5.63 Å². The lowest BCUT2D eigenvalue weighted by molar-refractivity contribution is 0.463. The molecule has 0 aliphatic rings. The van der Waals surface area contributed by atoms with Gasteiger partial charge in [-0.2, -0.15) is 0 Å². The first-order valence-corrected chi connectivity index (χ1v) is 10.2. The van der Waals surface area contributed by atoms with Crippen LogP contribution < -0.4 is 5.63 Å². The van der Waals surface area contributed by atoms with Crippen LogP contribution in [-0.2, 0) is 5.75 Å². The van der Waals surface area contributed by atoms with Crippen molar-refractivity contribution in [1.82, 2.24) is 10.2 Å². The normalized spacial score (nSPS) is 11.5. The monoisotopic (exact) mass is 410 g/mol. The van der Waals surface area contributed by atoms with Crippen LogP contribution in [0, 0.1) is 12.7 Å². The van der Waals surface area contributed by atoms with E-state index in [1.165, 1.54) is 29.5 Å². The number of benzene rings is 2. The van der Waals surface area contributed by atoms with Gasteiger partial charge in [-0.1, -0.05) is 37.7 Å². The summed E-state index contributed by atoms with van der Waals surface area (Å²) in [6.07, 6.45) is 0. The molecule has 0 fully saturated rings. The minimum absolute atomic E-state index is 0.126. The zero-order valence-electron chi connectivity index (χ0n) is 16.2. The van der Waals surface area contributed by atoms with Crippen molar-refractivity contribution >= 4 is 22.7 Å². The number of hydrogen-bond donors (Lipinski definition) is 0. The van der Waals surface area contributed by atoms with Crippen molar-refractivity contribution in [2.75, 3.05) is 0 Å². The second-order valence-corrected chi connectivity index (χ2v) is 8.02. The maximum absolute atomic E-state index is 13.9. The maximum Gasteiger partial charge on any atom is 0.336 e. The molecule has 0 atom stereocenters. The van der Waals surface area contributed by atoms with Crippen LogP contribution >= 0.6 is 11.8 Å². The predicted octanol–water partition coefficient (Wildman–Crippen LogP) is 5.71. The van der Waals surface area contributed by atoms with Gasteiger partial charge in [-0.3, -0.25) is 0 Å². The van der Waals surface area contributed by atoms with Crippen LogP contribution in [-0.4, -0.2) is 10.2 Å². The van der Waals surface area contributed by atoms with Crippen molar-refractivity contribution in [3.05, 3.63) is 75.4 Å². The fraction of sp³-hybridized carbons (Fsp3) is 0.227. The average Bonchev–Trinajstić information content (AvgIpc) is 3.14. The molecular formula is C22H19FN2O3S. The number of fused-ring (bicyclic) bond motifs is 1. The van der Waals surface area contributed by atoms with Crippen LogP contribution in [0.15, 0.2) is 61.3 Å². The Labute approximate surface area is 171 Å². The Hall–Kier alpha value is -2.93.